The van der Waals surface area contributed by atoms with Crippen molar-refractivity contribution in [3.8, 4) is 5.75 Å². The maximum Gasteiger partial charge on any atom is 0.363 e. The molecular weight excluding hydrogens is 404 g/mol. The van der Waals surface area contributed by atoms with Crippen molar-refractivity contribution in [2.24, 2.45) is 4.99 Å². The Kier molecular flexibility index (Phi) is 6.12. The van der Waals surface area contributed by atoms with Gasteiger partial charge >= 0.3 is 5.97 Å². The number of esters is 1. The van der Waals surface area contributed by atoms with Gasteiger partial charge in [-0.1, -0.05) is 42.0 Å². The van der Waals surface area contributed by atoms with E-state index in [0.29, 0.717) is 23.6 Å². The average Bonchev–Trinajstić information content (AvgIpc) is 3.13. The summed E-state index contributed by atoms with van der Waals surface area (Å²) < 4.78 is 11.2. The van der Waals surface area contributed by atoms with E-state index in [-0.39, 0.29) is 17.5 Å². The van der Waals surface area contributed by atoms with Crippen LogP contribution in [0.4, 0.5) is 5.69 Å². The van der Waals surface area contributed by atoms with Crippen LogP contribution in [0.25, 0.3) is 6.08 Å². The Morgan fingerprint density at radius 1 is 1.06 bits per heavy atom. The maximum atomic E-state index is 12.3. The molecule has 0 bridgehead atoms. The maximum absolute atomic E-state index is 12.3. The van der Waals surface area contributed by atoms with Crippen molar-refractivity contribution < 1.29 is 19.1 Å². The zero-order valence-electron chi connectivity index (χ0n) is 17.8. The van der Waals surface area contributed by atoms with E-state index in [0.717, 1.165) is 11.1 Å². The first kappa shape index (κ1) is 21.1. The smallest absolute Gasteiger partial charge is 0.363 e. The van der Waals surface area contributed by atoms with Crippen LogP contribution in [0.15, 0.2) is 83.5 Å². The van der Waals surface area contributed by atoms with Crippen molar-refractivity contribution >= 4 is 29.5 Å². The third kappa shape index (κ3) is 5.29. The summed E-state index contributed by atoms with van der Waals surface area (Å²) in [6.07, 6.45) is 1.67. The van der Waals surface area contributed by atoms with E-state index in [1.165, 1.54) is 12.5 Å². The molecule has 6 nitrogen and oxygen atoms in total. The Morgan fingerprint density at radius 2 is 1.84 bits per heavy atom. The molecule has 160 valence electrons. The summed E-state index contributed by atoms with van der Waals surface area (Å²) in [6.45, 7) is 3.94. The van der Waals surface area contributed by atoms with Gasteiger partial charge in [0, 0.05) is 18.2 Å². The summed E-state index contributed by atoms with van der Waals surface area (Å²) in [5.74, 6) is 0.252. The van der Waals surface area contributed by atoms with Crippen LogP contribution in [0.2, 0.25) is 0 Å². The molecular formula is C26H22N2O4. The molecule has 0 aliphatic carbocycles. The molecule has 1 heterocycles. The lowest BCUT2D eigenvalue weighted by Crippen LogP contribution is -2.07. The number of hydrogen-bond acceptors (Lipinski definition) is 5. The van der Waals surface area contributed by atoms with Crippen LogP contribution >= 0.6 is 0 Å². The summed E-state index contributed by atoms with van der Waals surface area (Å²) >= 11 is 0. The lowest BCUT2D eigenvalue weighted by atomic mass is 10.1. The third-order valence-electron chi connectivity index (χ3n) is 4.72. The molecule has 32 heavy (non-hydrogen) atoms. The fourth-order valence-electron chi connectivity index (χ4n) is 3.25. The van der Waals surface area contributed by atoms with E-state index in [1.54, 1.807) is 30.3 Å². The summed E-state index contributed by atoms with van der Waals surface area (Å²) in [7, 11) is 0. The van der Waals surface area contributed by atoms with Crippen LogP contribution in [0.1, 0.15) is 29.2 Å². The van der Waals surface area contributed by atoms with Gasteiger partial charge in [-0.25, -0.2) is 9.79 Å². The number of ether oxygens (including phenoxy) is 2. The Morgan fingerprint density at radius 3 is 2.59 bits per heavy atom. The van der Waals surface area contributed by atoms with E-state index in [9.17, 15) is 9.59 Å². The molecule has 0 spiro atoms. The van der Waals surface area contributed by atoms with Gasteiger partial charge in [0.2, 0.25) is 11.8 Å². The molecule has 0 unspecified atom stereocenters. The number of hydrogen-bond donors (Lipinski definition) is 1. The van der Waals surface area contributed by atoms with Gasteiger partial charge in [0.15, 0.2) is 5.70 Å². The predicted octanol–water partition coefficient (Wildman–Crippen LogP) is 4.88. The van der Waals surface area contributed by atoms with Crippen LogP contribution in [0.3, 0.4) is 0 Å². The van der Waals surface area contributed by atoms with E-state index >= 15 is 0 Å². The third-order valence-corrected chi connectivity index (χ3v) is 4.72. The van der Waals surface area contributed by atoms with Crippen molar-refractivity contribution in [2.75, 3.05) is 5.32 Å². The number of carbonyl (C=O) groups excluding carboxylic acids is 2. The number of cyclic esters (lactones) is 1. The molecule has 0 aromatic heterocycles. The van der Waals surface area contributed by atoms with Crippen molar-refractivity contribution in [1.82, 2.24) is 0 Å². The van der Waals surface area contributed by atoms with Crippen LogP contribution in [-0.4, -0.2) is 17.8 Å². The van der Waals surface area contributed by atoms with Gasteiger partial charge in [-0.15, -0.1) is 0 Å². The van der Waals surface area contributed by atoms with Gasteiger partial charge in [-0.2, -0.15) is 0 Å². The molecule has 0 saturated carbocycles. The number of carbonyl (C=O) groups is 2. The first-order chi connectivity index (χ1) is 15.5. The number of amides is 1. The van der Waals surface area contributed by atoms with E-state index in [4.69, 9.17) is 9.47 Å². The van der Waals surface area contributed by atoms with Gasteiger partial charge in [0.05, 0.1) is 0 Å². The number of anilines is 1. The summed E-state index contributed by atoms with van der Waals surface area (Å²) in [4.78, 5) is 27.8. The molecule has 0 atom stereocenters. The van der Waals surface area contributed by atoms with Gasteiger partial charge in [0.1, 0.15) is 12.4 Å². The predicted molar refractivity (Wildman–Crippen MR) is 123 cm³/mol. The minimum absolute atomic E-state index is 0.155. The van der Waals surface area contributed by atoms with E-state index in [2.05, 4.69) is 16.4 Å². The number of aliphatic imine (C=N–C) groups is 1. The first-order valence-electron chi connectivity index (χ1n) is 10.2. The summed E-state index contributed by atoms with van der Waals surface area (Å²) in [5.41, 5.74) is 4.57. The topological polar surface area (TPSA) is 77.0 Å². The normalized spacial score (nSPS) is 14.1. The lowest BCUT2D eigenvalue weighted by Gasteiger charge is -2.07. The molecule has 3 aromatic carbocycles. The lowest BCUT2D eigenvalue weighted by molar-refractivity contribution is -0.129. The second kappa shape index (κ2) is 9.31. The first-order valence-corrected chi connectivity index (χ1v) is 10.2. The van der Waals surface area contributed by atoms with E-state index < -0.39 is 5.97 Å². The molecule has 0 saturated heterocycles. The van der Waals surface area contributed by atoms with Crippen molar-refractivity contribution in [1.29, 1.82) is 0 Å². The fourth-order valence-corrected chi connectivity index (χ4v) is 3.25. The van der Waals surface area contributed by atoms with Gasteiger partial charge in [-0.05, 0) is 60.5 Å². The zero-order chi connectivity index (χ0) is 22.5. The Balaban J connectivity index is 1.48. The SMILES string of the molecule is CC(=O)Nc1ccc(C2=N/C(=C\c3cccc(OCc4cccc(C)c4)c3)C(=O)O2)cc1. The number of rotatable bonds is 6. The Labute approximate surface area is 186 Å². The molecule has 1 amide bonds. The quantitative estimate of drug-likeness (QED) is 0.450. The van der Waals surface area contributed by atoms with Crippen molar-refractivity contribution in [2.45, 2.75) is 20.5 Å². The van der Waals surface area contributed by atoms with E-state index in [1.807, 2.05) is 49.4 Å². The number of nitrogens with zero attached hydrogens (tertiary/aromatic N) is 1. The van der Waals surface area contributed by atoms with Crippen LogP contribution in [-0.2, 0) is 20.9 Å². The highest BCUT2D eigenvalue weighted by Crippen LogP contribution is 2.22. The standard InChI is InChI=1S/C26H22N2O4/c1-17-5-3-7-20(13-17)16-31-23-8-4-6-19(14-23)15-24-26(30)32-25(28-24)21-9-11-22(12-10-21)27-18(2)29/h3-15H,16H2,1-2H3,(H,27,29)/b24-15-. The largest absolute Gasteiger partial charge is 0.489 e. The summed E-state index contributed by atoms with van der Waals surface area (Å²) in [6, 6.07) is 22.5. The highest BCUT2D eigenvalue weighted by Gasteiger charge is 2.24. The monoisotopic (exact) mass is 426 g/mol. The Hall–Kier alpha value is -4.19. The minimum atomic E-state index is -0.517. The van der Waals surface area contributed by atoms with Crippen molar-refractivity contribution in [3.63, 3.8) is 0 Å². The molecule has 0 radical (unpaired) electrons. The minimum Gasteiger partial charge on any atom is -0.489 e. The van der Waals surface area contributed by atoms with Gasteiger partial charge in [0.25, 0.3) is 0 Å². The fraction of sp³-hybridized carbons (Fsp3) is 0.115. The molecule has 0 fully saturated rings. The highest BCUT2D eigenvalue weighted by atomic mass is 16.6. The zero-order valence-corrected chi connectivity index (χ0v) is 17.8. The number of aryl methyl sites for hydroxylation is 1. The molecule has 1 N–H and O–H groups in total. The average molecular weight is 426 g/mol. The second-order valence-corrected chi connectivity index (χ2v) is 7.44. The van der Waals surface area contributed by atoms with Gasteiger partial charge < -0.3 is 14.8 Å². The molecule has 1 aliphatic rings. The highest BCUT2D eigenvalue weighted by molar-refractivity contribution is 6.13. The molecule has 3 aromatic rings. The molecule has 4 rings (SSSR count). The van der Waals surface area contributed by atoms with Gasteiger partial charge in [-0.3, -0.25) is 4.79 Å². The molecule has 6 heteroatoms. The number of nitrogens with one attached hydrogen (secondary N) is 1. The van der Waals surface area contributed by atoms with Crippen LogP contribution in [0.5, 0.6) is 5.75 Å². The van der Waals surface area contributed by atoms with Crippen molar-refractivity contribution in [3.05, 3.63) is 101 Å². The number of benzene rings is 3. The molecule has 1 aliphatic heterocycles. The summed E-state index contributed by atoms with van der Waals surface area (Å²) in [5, 5.41) is 2.69. The second-order valence-electron chi connectivity index (χ2n) is 7.44. The van der Waals surface area contributed by atoms with Crippen LogP contribution < -0.4 is 10.1 Å². The van der Waals surface area contributed by atoms with Crippen LogP contribution in [0, 0.1) is 6.92 Å². The Bertz CT molecular complexity index is 1230.